The lowest BCUT2D eigenvalue weighted by Gasteiger charge is -2.27. The van der Waals surface area contributed by atoms with E-state index in [4.69, 9.17) is 5.73 Å². The van der Waals surface area contributed by atoms with Crippen LogP contribution in [0.5, 0.6) is 0 Å². The molecular formula is C13H21N3OS. The number of thiazole rings is 1. The van der Waals surface area contributed by atoms with Crippen LogP contribution in [-0.2, 0) is 11.2 Å². The van der Waals surface area contributed by atoms with E-state index < -0.39 is 0 Å². The van der Waals surface area contributed by atoms with E-state index in [9.17, 15) is 4.79 Å². The zero-order valence-electron chi connectivity index (χ0n) is 10.6. The molecule has 3 N–H and O–H groups in total. The van der Waals surface area contributed by atoms with Crippen LogP contribution in [-0.4, -0.2) is 23.5 Å². The molecule has 0 saturated heterocycles. The Morgan fingerprint density at radius 2 is 2.33 bits per heavy atom. The van der Waals surface area contributed by atoms with Gasteiger partial charge in [-0.1, -0.05) is 12.8 Å². The fourth-order valence-corrected chi connectivity index (χ4v) is 3.11. The van der Waals surface area contributed by atoms with Gasteiger partial charge in [-0.2, -0.15) is 0 Å². The van der Waals surface area contributed by atoms with Crippen molar-refractivity contribution in [1.82, 2.24) is 10.3 Å². The van der Waals surface area contributed by atoms with Crippen molar-refractivity contribution in [2.45, 2.75) is 44.6 Å². The molecule has 1 saturated carbocycles. The Bertz CT molecular complexity index is 366. The van der Waals surface area contributed by atoms with Crippen LogP contribution >= 0.6 is 11.3 Å². The SMILES string of the molecule is NC1CCCCC1CC(=O)NCCc1nccs1. The third-order valence-electron chi connectivity index (χ3n) is 3.56. The van der Waals surface area contributed by atoms with Gasteiger partial charge in [0.15, 0.2) is 0 Å². The minimum Gasteiger partial charge on any atom is -0.356 e. The standard InChI is InChI=1S/C13H21N3OS/c14-11-4-2-1-3-10(11)9-12(17)15-6-5-13-16-7-8-18-13/h7-8,10-11H,1-6,9,14H2,(H,15,17). The molecule has 1 aliphatic carbocycles. The summed E-state index contributed by atoms with van der Waals surface area (Å²) in [4.78, 5) is 16.0. The zero-order chi connectivity index (χ0) is 12.8. The number of carbonyl (C=O) groups is 1. The lowest BCUT2D eigenvalue weighted by atomic mass is 9.83. The summed E-state index contributed by atoms with van der Waals surface area (Å²) in [6, 6.07) is 0.212. The summed E-state index contributed by atoms with van der Waals surface area (Å²) in [6.45, 7) is 0.675. The molecule has 0 spiro atoms. The first-order valence-corrected chi connectivity index (χ1v) is 7.54. The number of rotatable bonds is 5. The average molecular weight is 267 g/mol. The fraction of sp³-hybridized carbons (Fsp3) is 0.692. The first kappa shape index (κ1) is 13.5. The Hall–Kier alpha value is -0.940. The molecule has 1 amide bonds. The fourth-order valence-electron chi connectivity index (χ4n) is 2.49. The van der Waals surface area contributed by atoms with E-state index in [1.165, 1.54) is 12.8 Å². The van der Waals surface area contributed by atoms with Crippen LogP contribution in [0.25, 0.3) is 0 Å². The maximum atomic E-state index is 11.8. The molecule has 2 atom stereocenters. The maximum absolute atomic E-state index is 11.8. The van der Waals surface area contributed by atoms with Crippen molar-refractivity contribution in [3.05, 3.63) is 16.6 Å². The van der Waals surface area contributed by atoms with Gasteiger partial charge < -0.3 is 11.1 Å². The lowest BCUT2D eigenvalue weighted by molar-refractivity contribution is -0.122. The zero-order valence-corrected chi connectivity index (χ0v) is 11.4. The van der Waals surface area contributed by atoms with Crippen LogP contribution in [0.15, 0.2) is 11.6 Å². The average Bonchev–Trinajstić information content (AvgIpc) is 2.85. The first-order chi connectivity index (χ1) is 8.75. The van der Waals surface area contributed by atoms with Gasteiger partial charge in [0.1, 0.15) is 0 Å². The summed E-state index contributed by atoms with van der Waals surface area (Å²) in [6.07, 6.45) is 7.79. The van der Waals surface area contributed by atoms with Gasteiger partial charge in [0, 0.05) is 37.0 Å². The maximum Gasteiger partial charge on any atom is 0.220 e. The smallest absolute Gasteiger partial charge is 0.220 e. The van der Waals surface area contributed by atoms with Gasteiger partial charge >= 0.3 is 0 Å². The summed E-state index contributed by atoms with van der Waals surface area (Å²) in [5.74, 6) is 0.507. The minimum absolute atomic E-state index is 0.133. The van der Waals surface area contributed by atoms with Gasteiger partial charge in [-0.15, -0.1) is 11.3 Å². The molecule has 100 valence electrons. The molecule has 0 aromatic carbocycles. The van der Waals surface area contributed by atoms with Gasteiger partial charge in [0.2, 0.25) is 5.91 Å². The third kappa shape index (κ3) is 4.07. The summed E-state index contributed by atoms with van der Waals surface area (Å²) in [7, 11) is 0. The molecule has 1 aromatic heterocycles. The van der Waals surface area contributed by atoms with Gasteiger partial charge in [0.25, 0.3) is 0 Å². The predicted octanol–water partition coefficient (Wildman–Crippen LogP) is 1.71. The highest BCUT2D eigenvalue weighted by Crippen LogP contribution is 2.25. The van der Waals surface area contributed by atoms with E-state index in [1.54, 1.807) is 17.5 Å². The highest BCUT2D eigenvalue weighted by Gasteiger charge is 2.23. The molecule has 0 bridgehead atoms. The molecule has 2 rings (SSSR count). The number of amides is 1. The van der Waals surface area contributed by atoms with Crippen molar-refractivity contribution in [2.24, 2.45) is 11.7 Å². The van der Waals surface area contributed by atoms with Gasteiger partial charge in [0.05, 0.1) is 5.01 Å². The van der Waals surface area contributed by atoms with Crippen molar-refractivity contribution < 1.29 is 4.79 Å². The Labute approximate surface area is 112 Å². The molecule has 0 radical (unpaired) electrons. The number of hydrogen-bond donors (Lipinski definition) is 2. The van der Waals surface area contributed by atoms with Crippen molar-refractivity contribution in [1.29, 1.82) is 0 Å². The van der Waals surface area contributed by atoms with E-state index in [0.717, 1.165) is 24.3 Å². The first-order valence-electron chi connectivity index (χ1n) is 6.66. The van der Waals surface area contributed by atoms with E-state index in [2.05, 4.69) is 10.3 Å². The van der Waals surface area contributed by atoms with Crippen molar-refractivity contribution in [3.8, 4) is 0 Å². The van der Waals surface area contributed by atoms with E-state index in [0.29, 0.717) is 18.9 Å². The Morgan fingerprint density at radius 1 is 1.50 bits per heavy atom. The molecule has 1 aliphatic rings. The number of nitrogens with zero attached hydrogens (tertiary/aromatic N) is 1. The third-order valence-corrected chi connectivity index (χ3v) is 4.40. The molecule has 0 aliphatic heterocycles. The molecule has 1 fully saturated rings. The second-order valence-corrected chi connectivity index (χ2v) is 5.92. The van der Waals surface area contributed by atoms with Crippen molar-refractivity contribution in [3.63, 3.8) is 0 Å². The van der Waals surface area contributed by atoms with Crippen LogP contribution in [0.1, 0.15) is 37.1 Å². The Kier molecular flexibility index (Phi) is 5.13. The van der Waals surface area contributed by atoms with Crippen LogP contribution < -0.4 is 11.1 Å². The summed E-state index contributed by atoms with van der Waals surface area (Å²) >= 11 is 1.63. The number of aromatic nitrogens is 1. The normalized spacial score (nSPS) is 23.8. The number of hydrogen-bond acceptors (Lipinski definition) is 4. The number of carbonyl (C=O) groups excluding carboxylic acids is 1. The highest BCUT2D eigenvalue weighted by molar-refractivity contribution is 7.09. The molecular weight excluding hydrogens is 246 g/mol. The van der Waals surface area contributed by atoms with E-state index in [1.807, 2.05) is 5.38 Å². The van der Waals surface area contributed by atoms with Crippen LogP contribution in [0.4, 0.5) is 0 Å². The molecule has 4 nitrogen and oxygen atoms in total. The predicted molar refractivity (Wildman–Crippen MR) is 73.4 cm³/mol. The molecule has 5 heteroatoms. The highest BCUT2D eigenvalue weighted by atomic mass is 32.1. The summed E-state index contributed by atoms with van der Waals surface area (Å²) in [5.41, 5.74) is 6.04. The van der Waals surface area contributed by atoms with Crippen LogP contribution in [0, 0.1) is 5.92 Å². The number of nitrogens with two attached hydrogens (primary N) is 1. The summed E-state index contributed by atoms with van der Waals surface area (Å²) in [5, 5.41) is 5.99. The largest absolute Gasteiger partial charge is 0.356 e. The lowest BCUT2D eigenvalue weighted by Crippen LogP contribution is -2.37. The number of nitrogens with one attached hydrogen (secondary N) is 1. The van der Waals surface area contributed by atoms with Gasteiger partial charge in [-0.25, -0.2) is 4.98 Å². The van der Waals surface area contributed by atoms with Gasteiger partial charge in [-0.05, 0) is 18.8 Å². The molecule has 1 heterocycles. The minimum atomic E-state index is 0.133. The molecule has 2 unspecified atom stereocenters. The Balaban J connectivity index is 1.65. The van der Waals surface area contributed by atoms with E-state index >= 15 is 0 Å². The van der Waals surface area contributed by atoms with Crippen molar-refractivity contribution in [2.75, 3.05) is 6.54 Å². The monoisotopic (exact) mass is 267 g/mol. The Morgan fingerprint density at radius 3 is 3.06 bits per heavy atom. The topological polar surface area (TPSA) is 68.0 Å². The van der Waals surface area contributed by atoms with Gasteiger partial charge in [-0.3, -0.25) is 4.79 Å². The quantitative estimate of drug-likeness (QED) is 0.853. The molecule has 1 aromatic rings. The van der Waals surface area contributed by atoms with Crippen LogP contribution in [0.2, 0.25) is 0 Å². The van der Waals surface area contributed by atoms with E-state index in [-0.39, 0.29) is 11.9 Å². The van der Waals surface area contributed by atoms with Crippen molar-refractivity contribution >= 4 is 17.2 Å². The molecule has 18 heavy (non-hydrogen) atoms. The second kappa shape index (κ2) is 6.85. The summed E-state index contributed by atoms with van der Waals surface area (Å²) < 4.78 is 0. The second-order valence-electron chi connectivity index (χ2n) is 4.94. The van der Waals surface area contributed by atoms with Crippen LogP contribution in [0.3, 0.4) is 0 Å².